The van der Waals surface area contributed by atoms with Gasteiger partial charge in [0.05, 0.1) is 28.7 Å². The van der Waals surface area contributed by atoms with Crippen molar-refractivity contribution in [1.29, 1.82) is 0 Å². The molecule has 5 aromatic rings. The quantitative estimate of drug-likeness (QED) is 0.311. The summed E-state index contributed by atoms with van der Waals surface area (Å²) in [5.41, 5.74) is 5.00. The summed E-state index contributed by atoms with van der Waals surface area (Å²) in [5.74, 6) is 0. The molecule has 0 spiro atoms. The molecular formula is C26H24N6O2S2. The monoisotopic (exact) mass is 516 g/mol. The van der Waals surface area contributed by atoms with Crippen molar-refractivity contribution in [3.05, 3.63) is 72.9 Å². The first kappa shape index (κ1) is 22.7. The molecule has 1 aliphatic rings. The van der Waals surface area contributed by atoms with Gasteiger partial charge in [-0.15, -0.1) is 11.3 Å². The summed E-state index contributed by atoms with van der Waals surface area (Å²) in [7, 11) is -3.80. The normalized spacial score (nSPS) is 14.0. The van der Waals surface area contributed by atoms with E-state index in [1.54, 1.807) is 42.6 Å². The molecule has 4 aromatic heterocycles. The zero-order valence-corrected chi connectivity index (χ0v) is 21.2. The van der Waals surface area contributed by atoms with Crippen LogP contribution in [0.1, 0.15) is 18.5 Å². The summed E-state index contributed by atoms with van der Waals surface area (Å²) >= 11 is 1.52. The summed E-state index contributed by atoms with van der Waals surface area (Å²) in [6.45, 7) is 3.88. The third-order valence-corrected chi connectivity index (χ3v) is 8.85. The lowest BCUT2D eigenvalue weighted by atomic mass is 10.0. The van der Waals surface area contributed by atoms with Gasteiger partial charge in [0.1, 0.15) is 4.83 Å². The molecule has 1 aliphatic heterocycles. The molecule has 1 aromatic carbocycles. The van der Waals surface area contributed by atoms with Crippen LogP contribution in [0, 0.1) is 6.92 Å². The molecule has 0 aliphatic carbocycles. The Morgan fingerprint density at radius 2 is 1.83 bits per heavy atom. The highest BCUT2D eigenvalue weighted by molar-refractivity contribution is 7.92. The van der Waals surface area contributed by atoms with E-state index in [0.717, 1.165) is 56.3 Å². The molecule has 182 valence electrons. The van der Waals surface area contributed by atoms with Gasteiger partial charge in [0.15, 0.2) is 0 Å². The largest absolute Gasteiger partial charge is 0.370 e. The summed E-state index contributed by atoms with van der Waals surface area (Å²) in [6, 6.07) is 12.3. The molecule has 0 unspecified atom stereocenters. The minimum Gasteiger partial charge on any atom is -0.370 e. The van der Waals surface area contributed by atoms with E-state index in [1.165, 1.54) is 24.2 Å². The van der Waals surface area contributed by atoms with E-state index in [-0.39, 0.29) is 4.90 Å². The number of sulfonamides is 1. The number of anilines is 2. The third-order valence-electron chi connectivity index (χ3n) is 6.33. The van der Waals surface area contributed by atoms with Gasteiger partial charge < -0.3 is 4.90 Å². The number of hydrogen-bond donors (Lipinski definition) is 2. The molecule has 5 heterocycles. The number of nitrogens with zero attached hydrogens (tertiary/aromatic N) is 4. The van der Waals surface area contributed by atoms with Crippen LogP contribution < -0.4 is 9.62 Å². The van der Waals surface area contributed by atoms with Crippen molar-refractivity contribution in [2.75, 3.05) is 22.7 Å². The van der Waals surface area contributed by atoms with Gasteiger partial charge in [-0.25, -0.2) is 13.4 Å². The summed E-state index contributed by atoms with van der Waals surface area (Å²) < 4.78 is 29.5. The fourth-order valence-electron chi connectivity index (χ4n) is 4.67. The van der Waals surface area contributed by atoms with Crippen molar-refractivity contribution < 1.29 is 8.42 Å². The highest BCUT2D eigenvalue weighted by Gasteiger charge is 2.24. The van der Waals surface area contributed by atoms with Crippen LogP contribution >= 0.6 is 11.3 Å². The Bertz CT molecular complexity index is 1640. The van der Waals surface area contributed by atoms with Gasteiger partial charge in [-0.2, -0.15) is 5.10 Å². The van der Waals surface area contributed by atoms with Crippen molar-refractivity contribution in [1.82, 2.24) is 20.2 Å². The van der Waals surface area contributed by atoms with Crippen LogP contribution in [0.25, 0.3) is 31.8 Å². The SMILES string of the molecule is Cc1cc(NS(=O)(=O)c2ccccc2)c2c(-c3cncc(N4CCCC4)c3)c(-c3cn[nH]c3)sc2n1. The fraction of sp³-hybridized carbons (Fsp3) is 0.192. The van der Waals surface area contributed by atoms with Crippen LogP contribution in [0.15, 0.2) is 72.1 Å². The number of aryl methyl sites for hydroxylation is 1. The lowest BCUT2D eigenvalue weighted by molar-refractivity contribution is 0.601. The van der Waals surface area contributed by atoms with Gasteiger partial charge in [0, 0.05) is 58.1 Å². The molecule has 0 amide bonds. The number of hydrogen-bond acceptors (Lipinski definition) is 7. The molecule has 1 saturated heterocycles. The van der Waals surface area contributed by atoms with Crippen LogP contribution in [0.3, 0.4) is 0 Å². The Balaban J connectivity index is 1.58. The number of rotatable bonds is 6. The second kappa shape index (κ2) is 9.03. The van der Waals surface area contributed by atoms with E-state index in [0.29, 0.717) is 5.69 Å². The third kappa shape index (κ3) is 4.12. The number of H-pyrrole nitrogens is 1. The summed E-state index contributed by atoms with van der Waals surface area (Å²) in [6.07, 6.45) is 9.67. The van der Waals surface area contributed by atoms with Crippen molar-refractivity contribution in [2.24, 2.45) is 0 Å². The molecule has 8 nitrogen and oxygen atoms in total. The highest BCUT2D eigenvalue weighted by Crippen LogP contribution is 2.47. The van der Waals surface area contributed by atoms with Crippen molar-refractivity contribution >= 4 is 43.0 Å². The van der Waals surface area contributed by atoms with E-state index in [4.69, 9.17) is 4.98 Å². The molecule has 2 N–H and O–H groups in total. The number of benzene rings is 1. The second-order valence-electron chi connectivity index (χ2n) is 8.83. The van der Waals surface area contributed by atoms with Gasteiger partial charge in [0.25, 0.3) is 10.0 Å². The van der Waals surface area contributed by atoms with Gasteiger partial charge in [-0.3, -0.25) is 14.8 Å². The molecule has 0 atom stereocenters. The van der Waals surface area contributed by atoms with Crippen LogP contribution in [-0.2, 0) is 10.0 Å². The maximum atomic E-state index is 13.3. The lowest BCUT2D eigenvalue weighted by Crippen LogP contribution is -2.17. The van der Waals surface area contributed by atoms with E-state index in [9.17, 15) is 8.42 Å². The van der Waals surface area contributed by atoms with Gasteiger partial charge >= 0.3 is 0 Å². The molecule has 1 fully saturated rings. The average Bonchev–Trinajstić information content (AvgIpc) is 3.65. The topological polar surface area (TPSA) is 104 Å². The molecule has 6 rings (SSSR count). The standard InChI is InChI=1S/C26H24N6O2S2/c1-17-11-22(31-36(33,34)21-7-3-2-4-8-21)24-23(25(35-26(24)30-17)19-14-28-29-15-19)18-12-20(16-27-13-18)32-9-5-6-10-32/h2-4,7-8,11-16H,5-6,9-10H2,1H3,(H,28,29)(H,30,31). The smallest absolute Gasteiger partial charge is 0.261 e. The van der Waals surface area contributed by atoms with Crippen LogP contribution in [0.4, 0.5) is 11.4 Å². The Morgan fingerprint density at radius 3 is 2.58 bits per heavy atom. The highest BCUT2D eigenvalue weighted by atomic mass is 32.2. The molecular weight excluding hydrogens is 492 g/mol. The van der Waals surface area contributed by atoms with E-state index >= 15 is 0 Å². The number of aromatic amines is 1. The fourth-order valence-corrected chi connectivity index (χ4v) is 7.00. The van der Waals surface area contributed by atoms with E-state index < -0.39 is 10.0 Å². The molecule has 0 radical (unpaired) electrons. The first-order valence-corrected chi connectivity index (χ1v) is 14.0. The van der Waals surface area contributed by atoms with E-state index in [1.807, 2.05) is 25.5 Å². The Hall–Kier alpha value is -3.76. The number of aromatic nitrogens is 4. The Morgan fingerprint density at radius 1 is 1.03 bits per heavy atom. The van der Waals surface area contributed by atoms with Crippen LogP contribution in [0.2, 0.25) is 0 Å². The minimum absolute atomic E-state index is 0.206. The number of pyridine rings is 2. The zero-order chi connectivity index (χ0) is 24.7. The van der Waals surface area contributed by atoms with Crippen molar-refractivity contribution in [3.8, 4) is 21.6 Å². The second-order valence-corrected chi connectivity index (χ2v) is 11.5. The lowest BCUT2D eigenvalue weighted by Gasteiger charge is -2.18. The minimum atomic E-state index is -3.80. The first-order valence-electron chi connectivity index (χ1n) is 11.7. The molecule has 10 heteroatoms. The van der Waals surface area contributed by atoms with Crippen LogP contribution in [0.5, 0.6) is 0 Å². The zero-order valence-electron chi connectivity index (χ0n) is 19.6. The Labute approximate surface area is 213 Å². The van der Waals surface area contributed by atoms with Gasteiger partial charge in [-0.1, -0.05) is 18.2 Å². The first-order chi connectivity index (χ1) is 17.5. The molecule has 36 heavy (non-hydrogen) atoms. The number of thiophene rings is 1. The molecule has 0 bridgehead atoms. The number of nitrogens with one attached hydrogen (secondary N) is 2. The maximum absolute atomic E-state index is 13.3. The number of fused-ring (bicyclic) bond motifs is 1. The Kier molecular flexibility index (Phi) is 5.69. The van der Waals surface area contributed by atoms with Gasteiger partial charge in [-0.05, 0) is 44.0 Å². The van der Waals surface area contributed by atoms with Gasteiger partial charge in [0.2, 0.25) is 0 Å². The van der Waals surface area contributed by atoms with Crippen molar-refractivity contribution in [2.45, 2.75) is 24.7 Å². The van der Waals surface area contributed by atoms with Crippen LogP contribution in [-0.4, -0.2) is 41.7 Å². The predicted octanol–water partition coefficient (Wildman–Crippen LogP) is 5.46. The van der Waals surface area contributed by atoms with E-state index in [2.05, 4.69) is 30.9 Å². The average molecular weight is 517 g/mol. The van der Waals surface area contributed by atoms with Crippen molar-refractivity contribution in [3.63, 3.8) is 0 Å². The maximum Gasteiger partial charge on any atom is 0.261 e. The summed E-state index contributed by atoms with van der Waals surface area (Å²) in [5, 5.41) is 7.79. The predicted molar refractivity (Wildman–Crippen MR) is 144 cm³/mol. The summed E-state index contributed by atoms with van der Waals surface area (Å²) in [4.78, 5) is 13.6. The molecule has 0 saturated carbocycles.